The fraction of sp³-hybridized carbons (Fsp3) is 0.962. The minimum atomic E-state index is -1.81. The van der Waals surface area contributed by atoms with Crippen molar-refractivity contribution in [2.24, 2.45) is 45.3 Å². The van der Waals surface area contributed by atoms with E-state index in [1.807, 2.05) is 20.8 Å². The van der Waals surface area contributed by atoms with Gasteiger partial charge in [-0.1, -0.05) is 46.3 Å². The molecule has 22 nitrogen and oxygen atoms in total. The van der Waals surface area contributed by atoms with Crippen LogP contribution in [0.15, 0.2) is 11.6 Å². The summed E-state index contributed by atoms with van der Waals surface area (Å²) in [5.74, 6) is -0.467. The second kappa shape index (κ2) is 22.7. The monoisotopic (exact) mass is 1080 g/mol. The highest BCUT2D eigenvalue weighted by Gasteiger charge is 2.72. The van der Waals surface area contributed by atoms with Crippen LogP contribution < -0.4 is 0 Å². The lowest BCUT2D eigenvalue weighted by atomic mass is 9.35. The van der Waals surface area contributed by atoms with Gasteiger partial charge in [0, 0.05) is 0 Å². The maximum Gasteiger partial charge on any atom is 0.187 e. The Kier molecular flexibility index (Phi) is 18.1. The minimum absolute atomic E-state index is 0.0399. The van der Waals surface area contributed by atoms with Crippen LogP contribution in [0.3, 0.4) is 0 Å². The first kappa shape index (κ1) is 60.0. The highest BCUT2D eigenvalue weighted by molar-refractivity contribution is 5.21. The van der Waals surface area contributed by atoms with E-state index < -0.39 is 172 Å². The molecule has 0 aromatic rings. The number of fused-ring (bicyclic) bond motifs is 5. The molecule has 22 heteroatoms. The van der Waals surface area contributed by atoms with E-state index in [0.717, 1.165) is 24.8 Å². The standard InChI is InChI=1S/C53H90O22/c1-23(2)10-9-14-53(8,75-48-44(40(65)36(61)28(21-56)71-48)74-45-41(66)37(62)29(22-57)69-45)24-11-16-52(7)33(24)25(58)18-31-50(5)15-13-32(49(3,4)30(50)12-17-51(31,52)6)72-47-43(39(64)35(60)27(20-55)70-47)73-46-42(67)38(63)34(59)26(19-54)68-46/h10,24-48,54-67H,9,11-22H2,1-8H3. The molecule has 0 aromatic heterocycles. The van der Waals surface area contributed by atoms with Crippen molar-refractivity contribution in [1.29, 1.82) is 0 Å². The summed E-state index contributed by atoms with van der Waals surface area (Å²) in [7, 11) is 0. The van der Waals surface area contributed by atoms with Crippen LogP contribution in [0, 0.1) is 45.3 Å². The first-order valence-corrected chi connectivity index (χ1v) is 27.3. The van der Waals surface area contributed by atoms with Gasteiger partial charge < -0.3 is 109 Å². The van der Waals surface area contributed by atoms with E-state index in [1.54, 1.807) is 0 Å². The molecule has 0 radical (unpaired) electrons. The SMILES string of the molecule is CC(C)=CCCC(C)(OC1OC(CO)C(O)C(O)C1OC1OC(CO)C(O)C1O)C1CCC2(C)C1C(O)CC1C3(C)CCC(OC4OC(CO)C(O)C(O)C4OC4OC(CO)C(O)C(O)C4O)C(C)(C)C3CCC12C. The Balaban J connectivity index is 1.04. The number of aliphatic hydroxyl groups excluding tert-OH is 14. The molecule has 4 aliphatic heterocycles. The van der Waals surface area contributed by atoms with Crippen LogP contribution in [-0.2, 0) is 37.9 Å². The Morgan fingerprint density at radius 2 is 1.00 bits per heavy atom. The van der Waals surface area contributed by atoms with Gasteiger partial charge in [-0.25, -0.2) is 0 Å². The van der Waals surface area contributed by atoms with Crippen molar-refractivity contribution in [2.75, 3.05) is 26.4 Å². The van der Waals surface area contributed by atoms with Gasteiger partial charge in [-0.3, -0.25) is 0 Å². The minimum Gasteiger partial charge on any atom is -0.394 e. The Morgan fingerprint density at radius 3 is 1.53 bits per heavy atom. The predicted octanol–water partition coefficient (Wildman–Crippen LogP) is -1.56. The molecule has 14 N–H and O–H groups in total. The summed E-state index contributed by atoms with van der Waals surface area (Å²) in [6.45, 7) is 14.6. The maximum absolute atomic E-state index is 12.9. The van der Waals surface area contributed by atoms with Crippen molar-refractivity contribution in [3.63, 3.8) is 0 Å². The smallest absolute Gasteiger partial charge is 0.187 e. The lowest BCUT2D eigenvalue weighted by molar-refractivity contribution is -0.378. The van der Waals surface area contributed by atoms with Crippen molar-refractivity contribution < 1.29 is 109 Å². The molecule has 8 rings (SSSR count). The van der Waals surface area contributed by atoms with Gasteiger partial charge >= 0.3 is 0 Å². The zero-order valence-corrected chi connectivity index (χ0v) is 44.7. The third-order valence-corrected chi connectivity index (χ3v) is 20.6. The van der Waals surface area contributed by atoms with Crippen molar-refractivity contribution in [3.8, 4) is 0 Å². The molecule has 0 aromatic carbocycles. The molecule has 8 fully saturated rings. The lowest BCUT2D eigenvalue weighted by Gasteiger charge is -2.71. The Morgan fingerprint density at radius 1 is 0.533 bits per heavy atom. The summed E-state index contributed by atoms with van der Waals surface area (Å²) in [5, 5.41) is 151. The molecule has 434 valence electrons. The number of ether oxygens (including phenoxy) is 8. The number of hydrogen-bond donors (Lipinski definition) is 14. The molecule has 29 atom stereocenters. The summed E-state index contributed by atoms with van der Waals surface area (Å²) in [4.78, 5) is 0. The van der Waals surface area contributed by atoms with Crippen LogP contribution in [0.25, 0.3) is 0 Å². The Hall–Kier alpha value is -1.14. The summed E-state index contributed by atoms with van der Waals surface area (Å²) in [6, 6.07) is 0. The van der Waals surface area contributed by atoms with E-state index in [-0.39, 0.29) is 34.5 Å². The van der Waals surface area contributed by atoms with Gasteiger partial charge in [0.2, 0.25) is 0 Å². The van der Waals surface area contributed by atoms with Crippen LogP contribution in [0.5, 0.6) is 0 Å². The summed E-state index contributed by atoms with van der Waals surface area (Å²) in [6.07, 6.45) is -22.6. The van der Waals surface area contributed by atoms with Gasteiger partial charge in [0.05, 0.1) is 44.2 Å². The van der Waals surface area contributed by atoms with Crippen LogP contribution in [0.4, 0.5) is 0 Å². The first-order chi connectivity index (χ1) is 35.2. The topological polar surface area (TPSA) is 357 Å². The fourth-order valence-electron chi connectivity index (χ4n) is 16.1. The molecule has 4 saturated heterocycles. The van der Waals surface area contributed by atoms with Crippen molar-refractivity contribution in [2.45, 2.75) is 248 Å². The quantitative estimate of drug-likeness (QED) is 0.0614. The number of rotatable bonds is 16. The third-order valence-electron chi connectivity index (χ3n) is 20.6. The molecular formula is C53H90O22. The second-order valence-electron chi connectivity index (χ2n) is 25.2. The first-order valence-electron chi connectivity index (χ1n) is 27.3. The van der Waals surface area contributed by atoms with E-state index in [1.165, 1.54) is 0 Å². The number of allylic oxidation sites excluding steroid dienone is 2. The molecule has 8 aliphatic rings. The van der Waals surface area contributed by atoms with Crippen LogP contribution in [-0.4, -0.2) is 232 Å². The van der Waals surface area contributed by atoms with Crippen LogP contribution in [0.2, 0.25) is 0 Å². The average Bonchev–Trinajstić information content (AvgIpc) is 3.91. The fourth-order valence-corrected chi connectivity index (χ4v) is 16.1. The summed E-state index contributed by atoms with van der Waals surface area (Å²) in [5.41, 5.74) is -1.58. The van der Waals surface area contributed by atoms with Crippen LogP contribution >= 0.6 is 0 Å². The van der Waals surface area contributed by atoms with Gasteiger partial charge in [0.25, 0.3) is 0 Å². The van der Waals surface area contributed by atoms with Crippen molar-refractivity contribution >= 4 is 0 Å². The summed E-state index contributed by atoms with van der Waals surface area (Å²) < 4.78 is 49.6. The molecule has 29 unspecified atom stereocenters. The number of hydrogen-bond acceptors (Lipinski definition) is 22. The zero-order chi connectivity index (χ0) is 55.1. The highest BCUT2D eigenvalue weighted by atomic mass is 16.8. The van der Waals surface area contributed by atoms with Gasteiger partial charge in [0.1, 0.15) is 91.6 Å². The highest BCUT2D eigenvalue weighted by Crippen LogP contribution is 2.76. The van der Waals surface area contributed by atoms with E-state index in [4.69, 9.17) is 37.9 Å². The predicted molar refractivity (Wildman–Crippen MR) is 260 cm³/mol. The molecule has 75 heavy (non-hydrogen) atoms. The molecule has 0 amide bonds. The van der Waals surface area contributed by atoms with Gasteiger partial charge in [-0.05, 0) is 124 Å². The average molecular weight is 1080 g/mol. The third kappa shape index (κ3) is 10.4. The van der Waals surface area contributed by atoms with Crippen LogP contribution in [0.1, 0.15) is 113 Å². The van der Waals surface area contributed by atoms with E-state index in [2.05, 4.69) is 40.7 Å². The van der Waals surface area contributed by atoms with E-state index >= 15 is 0 Å². The molecule has 4 heterocycles. The van der Waals surface area contributed by atoms with Gasteiger partial charge in [-0.2, -0.15) is 0 Å². The molecular weight excluding hydrogens is 989 g/mol. The normalized spacial score (nSPS) is 52.6. The van der Waals surface area contributed by atoms with Crippen molar-refractivity contribution in [1.82, 2.24) is 0 Å². The zero-order valence-electron chi connectivity index (χ0n) is 44.7. The van der Waals surface area contributed by atoms with Crippen molar-refractivity contribution in [3.05, 3.63) is 11.6 Å². The molecule has 4 saturated carbocycles. The molecule has 4 aliphatic carbocycles. The van der Waals surface area contributed by atoms with Gasteiger partial charge in [-0.15, -0.1) is 0 Å². The van der Waals surface area contributed by atoms with E-state index in [0.29, 0.717) is 38.5 Å². The molecule has 0 bridgehead atoms. The largest absolute Gasteiger partial charge is 0.394 e. The Labute approximate surface area is 439 Å². The Bertz CT molecular complexity index is 1940. The molecule has 0 spiro atoms. The summed E-state index contributed by atoms with van der Waals surface area (Å²) >= 11 is 0. The number of aliphatic hydroxyl groups is 14. The van der Waals surface area contributed by atoms with Gasteiger partial charge in [0.15, 0.2) is 25.2 Å². The maximum atomic E-state index is 12.9. The second-order valence-corrected chi connectivity index (χ2v) is 25.2. The lowest BCUT2D eigenvalue weighted by Crippen LogP contribution is -2.68. The van der Waals surface area contributed by atoms with E-state index in [9.17, 15) is 71.5 Å².